The number of aryl methyl sites for hydroxylation is 2. The zero-order valence-corrected chi connectivity index (χ0v) is 13.2. The molecule has 0 saturated carbocycles. The second-order valence-electron chi connectivity index (χ2n) is 5.61. The lowest BCUT2D eigenvalue weighted by Crippen LogP contribution is -2.01. The largest absolute Gasteiger partial charge is 0.504 e. The average molecular weight is 292 g/mol. The van der Waals surface area contributed by atoms with Crippen molar-refractivity contribution in [2.45, 2.75) is 27.2 Å². The monoisotopic (exact) mass is 292 g/mol. The molecule has 1 N–H and O–H groups in total. The van der Waals surface area contributed by atoms with Crippen molar-refractivity contribution in [1.82, 2.24) is 9.78 Å². The first-order valence-electron chi connectivity index (χ1n) is 7.55. The highest BCUT2D eigenvalue weighted by Gasteiger charge is 2.18. The Kier molecular flexibility index (Phi) is 3.72. The molecule has 0 aliphatic carbocycles. The van der Waals surface area contributed by atoms with Crippen LogP contribution in [0.3, 0.4) is 0 Å². The van der Waals surface area contributed by atoms with Gasteiger partial charge in [0.15, 0.2) is 5.75 Å². The fraction of sp³-hybridized carbons (Fsp3) is 0.211. The Morgan fingerprint density at radius 3 is 2.00 bits per heavy atom. The summed E-state index contributed by atoms with van der Waals surface area (Å²) in [5.74, 6) is 0.270. The van der Waals surface area contributed by atoms with Gasteiger partial charge in [-0.05, 0) is 32.4 Å². The highest BCUT2D eigenvalue weighted by molar-refractivity contribution is 5.68. The average Bonchev–Trinajstić information content (AvgIpc) is 2.85. The molecule has 3 aromatic rings. The van der Waals surface area contributed by atoms with E-state index in [0.29, 0.717) is 5.69 Å². The third-order valence-corrected chi connectivity index (χ3v) is 3.89. The third kappa shape index (κ3) is 2.50. The molecule has 3 rings (SSSR count). The van der Waals surface area contributed by atoms with Gasteiger partial charge in [-0.2, -0.15) is 5.10 Å². The van der Waals surface area contributed by atoms with Crippen LogP contribution in [0.2, 0.25) is 0 Å². The van der Waals surface area contributed by atoms with E-state index in [9.17, 15) is 5.11 Å². The fourth-order valence-electron chi connectivity index (χ4n) is 2.57. The highest BCUT2D eigenvalue weighted by Crippen LogP contribution is 2.33. The Balaban J connectivity index is 2.14. The molecule has 0 radical (unpaired) electrons. The minimum Gasteiger partial charge on any atom is -0.504 e. The smallest absolute Gasteiger partial charge is 0.165 e. The van der Waals surface area contributed by atoms with Crippen LogP contribution in [0.25, 0.3) is 16.9 Å². The van der Waals surface area contributed by atoms with Gasteiger partial charge in [0.05, 0.1) is 11.4 Å². The van der Waals surface area contributed by atoms with Gasteiger partial charge in [-0.15, -0.1) is 0 Å². The van der Waals surface area contributed by atoms with Crippen LogP contribution in [0.15, 0.2) is 48.5 Å². The molecule has 0 aliphatic rings. The minimum atomic E-state index is 0.270. The van der Waals surface area contributed by atoms with Gasteiger partial charge in [-0.3, -0.25) is 0 Å². The second kappa shape index (κ2) is 5.68. The van der Waals surface area contributed by atoms with Gasteiger partial charge in [0.1, 0.15) is 5.69 Å². The quantitative estimate of drug-likeness (QED) is 0.775. The van der Waals surface area contributed by atoms with E-state index in [-0.39, 0.29) is 5.75 Å². The molecule has 0 atom stereocenters. The Morgan fingerprint density at radius 2 is 1.45 bits per heavy atom. The lowest BCUT2D eigenvalue weighted by atomic mass is 10.1. The minimum absolute atomic E-state index is 0.270. The van der Waals surface area contributed by atoms with Gasteiger partial charge in [0.25, 0.3) is 0 Å². The summed E-state index contributed by atoms with van der Waals surface area (Å²) in [6.45, 7) is 6.13. The van der Waals surface area contributed by atoms with Crippen LogP contribution in [0, 0.1) is 13.8 Å². The van der Waals surface area contributed by atoms with Crippen molar-refractivity contribution < 1.29 is 5.11 Å². The number of nitrogens with zero attached hydrogens (tertiary/aromatic N) is 2. The van der Waals surface area contributed by atoms with Crippen molar-refractivity contribution in [3.8, 4) is 22.7 Å². The van der Waals surface area contributed by atoms with Crippen molar-refractivity contribution >= 4 is 0 Å². The normalized spacial score (nSPS) is 10.9. The molecule has 2 aromatic carbocycles. The zero-order chi connectivity index (χ0) is 15.7. The molecule has 0 unspecified atom stereocenters. The van der Waals surface area contributed by atoms with E-state index in [1.165, 1.54) is 11.1 Å². The molecule has 0 saturated heterocycles. The van der Waals surface area contributed by atoms with Crippen LogP contribution in [-0.2, 0) is 6.42 Å². The number of aromatic nitrogens is 2. The van der Waals surface area contributed by atoms with Crippen molar-refractivity contribution in [2.75, 3.05) is 0 Å². The molecule has 0 spiro atoms. The Labute approximate surface area is 130 Å². The van der Waals surface area contributed by atoms with E-state index >= 15 is 0 Å². The van der Waals surface area contributed by atoms with Gasteiger partial charge in [0, 0.05) is 5.56 Å². The van der Waals surface area contributed by atoms with Crippen molar-refractivity contribution in [3.63, 3.8) is 0 Å². The molecule has 0 fully saturated rings. The topological polar surface area (TPSA) is 38.1 Å². The maximum absolute atomic E-state index is 10.6. The van der Waals surface area contributed by atoms with Crippen molar-refractivity contribution in [1.29, 1.82) is 0 Å². The van der Waals surface area contributed by atoms with E-state index in [1.54, 1.807) is 0 Å². The van der Waals surface area contributed by atoms with Gasteiger partial charge in [-0.25, -0.2) is 4.68 Å². The highest BCUT2D eigenvalue weighted by atomic mass is 16.3. The van der Waals surface area contributed by atoms with Gasteiger partial charge < -0.3 is 5.11 Å². The summed E-state index contributed by atoms with van der Waals surface area (Å²) in [5, 5.41) is 15.2. The summed E-state index contributed by atoms with van der Waals surface area (Å²) in [6.07, 6.45) is 0.721. The maximum atomic E-state index is 10.6. The molecule has 3 heteroatoms. The van der Waals surface area contributed by atoms with E-state index in [0.717, 1.165) is 23.4 Å². The number of rotatable bonds is 3. The molecular formula is C19H20N2O. The van der Waals surface area contributed by atoms with Gasteiger partial charge >= 0.3 is 0 Å². The summed E-state index contributed by atoms with van der Waals surface area (Å²) in [7, 11) is 0. The SMILES string of the molecule is CCc1c(O)c(-c2ccc(C)cc2)nn1-c1ccc(C)cc1. The number of hydrogen-bond acceptors (Lipinski definition) is 2. The van der Waals surface area contributed by atoms with Crippen LogP contribution in [0.4, 0.5) is 0 Å². The molecule has 0 amide bonds. The zero-order valence-electron chi connectivity index (χ0n) is 13.2. The first-order valence-corrected chi connectivity index (χ1v) is 7.55. The fourth-order valence-corrected chi connectivity index (χ4v) is 2.57. The van der Waals surface area contributed by atoms with Gasteiger partial charge in [0.2, 0.25) is 0 Å². The van der Waals surface area contributed by atoms with E-state index in [4.69, 9.17) is 0 Å². The first-order chi connectivity index (χ1) is 10.6. The van der Waals surface area contributed by atoms with Crippen LogP contribution < -0.4 is 0 Å². The molecule has 0 aliphatic heterocycles. The molecular weight excluding hydrogens is 272 g/mol. The Hall–Kier alpha value is -2.55. The van der Waals surface area contributed by atoms with Crippen LogP contribution >= 0.6 is 0 Å². The predicted molar refractivity (Wildman–Crippen MR) is 89.5 cm³/mol. The predicted octanol–water partition coefficient (Wildman–Crippen LogP) is 4.42. The van der Waals surface area contributed by atoms with Crippen molar-refractivity contribution in [3.05, 3.63) is 65.4 Å². The van der Waals surface area contributed by atoms with Crippen molar-refractivity contribution in [2.24, 2.45) is 0 Å². The molecule has 0 bridgehead atoms. The summed E-state index contributed by atoms with van der Waals surface area (Å²) < 4.78 is 1.84. The lowest BCUT2D eigenvalue weighted by Gasteiger charge is -2.05. The van der Waals surface area contributed by atoms with E-state index in [2.05, 4.69) is 24.2 Å². The molecule has 22 heavy (non-hydrogen) atoms. The lowest BCUT2D eigenvalue weighted by molar-refractivity contribution is 0.469. The summed E-state index contributed by atoms with van der Waals surface area (Å²) in [4.78, 5) is 0. The van der Waals surface area contributed by atoms with Gasteiger partial charge in [-0.1, -0.05) is 54.4 Å². The van der Waals surface area contributed by atoms with E-state index < -0.39 is 0 Å². The molecule has 1 heterocycles. The maximum Gasteiger partial charge on any atom is 0.165 e. The first kappa shape index (κ1) is 14.4. The van der Waals surface area contributed by atoms with Crippen LogP contribution in [-0.4, -0.2) is 14.9 Å². The summed E-state index contributed by atoms with van der Waals surface area (Å²) >= 11 is 0. The molecule has 1 aromatic heterocycles. The summed E-state index contributed by atoms with van der Waals surface area (Å²) in [6, 6.07) is 16.2. The Bertz CT molecular complexity index is 784. The number of benzene rings is 2. The summed E-state index contributed by atoms with van der Waals surface area (Å²) in [5.41, 5.74) is 5.77. The van der Waals surface area contributed by atoms with E-state index in [1.807, 2.05) is 54.9 Å². The van der Waals surface area contributed by atoms with Crippen LogP contribution in [0.1, 0.15) is 23.7 Å². The van der Waals surface area contributed by atoms with Crippen LogP contribution in [0.5, 0.6) is 5.75 Å². The molecule has 3 nitrogen and oxygen atoms in total. The number of hydrogen-bond donors (Lipinski definition) is 1. The third-order valence-electron chi connectivity index (χ3n) is 3.89. The second-order valence-corrected chi connectivity index (χ2v) is 5.61. The molecule has 112 valence electrons. The number of aromatic hydroxyl groups is 1. The Morgan fingerprint density at radius 1 is 0.909 bits per heavy atom. The standard InChI is InChI=1S/C19H20N2O/c1-4-17-19(22)18(15-9-5-13(2)6-10-15)20-21(17)16-11-7-14(3)8-12-16/h5-12,22H,4H2,1-3H3.